The third-order valence-corrected chi connectivity index (χ3v) is 11.0. The van der Waals surface area contributed by atoms with Crippen molar-refractivity contribution in [2.75, 3.05) is 42.6 Å². The smallest absolute Gasteiger partial charge is 0.408 e. The number of halogens is 1. The van der Waals surface area contributed by atoms with Gasteiger partial charge in [0.1, 0.15) is 16.4 Å². The molecule has 2 fully saturated rings. The number of rotatable bonds is 8. The quantitative estimate of drug-likeness (QED) is 0.270. The summed E-state index contributed by atoms with van der Waals surface area (Å²) in [6, 6.07) is 5.48. The molecule has 14 heteroatoms. The van der Waals surface area contributed by atoms with Crippen LogP contribution in [-0.4, -0.2) is 81.1 Å². The number of pyridine rings is 2. The van der Waals surface area contributed by atoms with Gasteiger partial charge >= 0.3 is 12.1 Å². The Morgan fingerprint density at radius 2 is 1.80 bits per heavy atom. The molecule has 49 heavy (non-hydrogen) atoms. The number of hydrogen-bond donors (Lipinski definition) is 2. The number of carbonyl (C=O) groups excluding carboxylic acids is 2. The van der Waals surface area contributed by atoms with E-state index in [0.717, 1.165) is 35.4 Å². The molecule has 3 aliphatic rings. The highest BCUT2D eigenvalue weighted by molar-refractivity contribution is 7.99. The first kappa shape index (κ1) is 35.2. The number of piperidine rings is 1. The summed E-state index contributed by atoms with van der Waals surface area (Å²) in [7, 11) is 0. The molecule has 5 heterocycles. The molecule has 0 bridgehead atoms. The lowest BCUT2D eigenvalue weighted by Gasteiger charge is -2.46. The van der Waals surface area contributed by atoms with Gasteiger partial charge < -0.3 is 29.7 Å². The average Bonchev–Trinajstić information content (AvgIpc) is 3.29. The van der Waals surface area contributed by atoms with E-state index < -0.39 is 23.3 Å². The zero-order chi connectivity index (χ0) is 35.1. The van der Waals surface area contributed by atoms with E-state index in [1.54, 1.807) is 25.5 Å². The number of amides is 1. The van der Waals surface area contributed by atoms with Crippen LogP contribution in [0.4, 0.5) is 16.4 Å². The summed E-state index contributed by atoms with van der Waals surface area (Å²) in [5.74, 6) is 0.690. The fourth-order valence-corrected chi connectivity index (χ4v) is 7.95. The maximum Gasteiger partial charge on any atom is 0.408 e. The summed E-state index contributed by atoms with van der Waals surface area (Å²) in [6.45, 7) is 13.6. The molecule has 6 rings (SSSR count). The van der Waals surface area contributed by atoms with Gasteiger partial charge in [-0.25, -0.2) is 24.5 Å². The number of hydrogen-bond acceptors (Lipinski definition) is 12. The van der Waals surface area contributed by atoms with Gasteiger partial charge in [0.2, 0.25) is 0 Å². The van der Waals surface area contributed by atoms with Gasteiger partial charge in [0.05, 0.1) is 29.5 Å². The molecule has 1 amide bonds. The van der Waals surface area contributed by atoms with Crippen LogP contribution >= 0.6 is 23.4 Å². The van der Waals surface area contributed by atoms with Crippen LogP contribution in [-0.2, 0) is 15.9 Å². The van der Waals surface area contributed by atoms with Gasteiger partial charge in [0, 0.05) is 60.5 Å². The lowest BCUT2D eigenvalue weighted by Crippen LogP contribution is -2.56. The van der Waals surface area contributed by atoms with Gasteiger partial charge in [-0.1, -0.05) is 29.4 Å². The molecule has 2 saturated heterocycles. The van der Waals surface area contributed by atoms with Crippen molar-refractivity contribution in [2.24, 2.45) is 11.3 Å². The number of esters is 1. The van der Waals surface area contributed by atoms with Crippen LogP contribution in [0.1, 0.15) is 82.2 Å². The van der Waals surface area contributed by atoms with Crippen molar-refractivity contribution in [1.82, 2.24) is 25.3 Å². The number of aliphatic hydroxyl groups is 1. The molecule has 1 atom stereocenters. The Hall–Kier alpha value is -3.68. The van der Waals surface area contributed by atoms with Crippen LogP contribution in [0.2, 0.25) is 5.02 Å². The van der Waals surface area contributed by atoms with E-state index in [0.29, 0.717) is 47.9 Å². The second-order valence-electron chi connectivity index (χ2n) is 14.5. The number of nitrogens with zero attached hydrogens (tertiary/aromatic N) is 6. The molecule has 0 unspecified atom stereocenters. The number of ether oxygens (including phenoxy) is 2. The van der Waals surface area contributed by atoms with E-state index in [1.807, 2.05) is 57.7 Å². The Balaban J connectivity index is 1.21. The molecule has 1 spiro atoms. The topological polar surface area (TPSA) is 143 Å². The predicted octanol–water partition coefficient (Wildman–Crippen LogP) is 5.86. The number of aromatic nitrogens is 4. The van der Waals surface area contributed by atoms with E-state index in [2.05, 4.69) is 20.2 Å². The minimum Gasteiger partial charge on any atom is -0.461 e. The number of carbonyl (C=O) groups is 2. The Morgan fingerprint density at radius 1 is 1.06 bits per heavy atom. The minimum atomic E-state index is -0.775. The number of fused-ring (bicyclic) bond motifs is 1. The van der Waals surface area contributed by atoms with Crippen LogP contribution in [0.3, 0.4) is 0 Å². The van der Waals surface area contributed by atoms with Gasteiger partial charge in [-0.2, -0.15) is 0 Å². The molecule has 0 radical (unpaired) electrons. The molecule has 2 aliphatic heterocycles. The zero-order valence-electron chi connectivity index (χ0n) is 28.8. The molecule has 0 aromatic carbocycles. The summed E-state index contributed by atoms with van der Waals surface area (Å²) in [4.78, 5) is 49.7. The monoisotopic (exact) mass is 709 g/mol. The first-order valence-electron chi connectivity index (χ1n) is 16.7. The normalized spacial score (nSPS) is 19.0. The number of nitrogens with one attached hydrogen (secondary N) is 1. The number of anilines is 2. The summed E-state index contributed by atoms with van der Waals surface area (Å²) in [6.07, 6.45) is 6.86. The summed E-state index contributed by atoms with van der Waals surface area (Å²) in [5, 5.41) is 14.5. The molecular weight excluding hydrogens is 666 g/mol. The van der Waals surface area contributed by atoms with Crippen molar-refractivity contribution in [1.29, 1.82) is 0 Å². The van der Waals surface area contributed by atoms with E-state index in [1.165, 1.54) is 11.8 Å². The first-order chi connectivity index (χ1) is 23.2. The fourth-order valence-electron chi connectivity index (χ4n) is 6.82. The fraction of sp³-hybridized carbons (Fsp3) is 0.543. The van der Waals surface area contributed by atoms with Gasteiger partial charge in [-0.05, 0) is 78.5 Å². The van der Waals surface area contributed by atoms with Gasteiger partial charge in [0.15, 0.2) is 11.5 Å². The predicted molar refractivity (Wildman–Crippen MR) is 187 cm³/mol. The first-order valence-corrected chi connectivity index (χ1v) is 17.9. The van der Waals surface area contributed by atoms with Crippen LogP contribution in [0.25, 0.3) is 0 Å². The third kappa shape index (κ3) is 7.44. The van der Waals surface area contributed by atoms with Gasteiger partial charge in [-0.15, -0.1) is 0 Å². The standard InChI is InChI=1S/C35H44ClN7O5S/c1-7-47-31(44)27-30(39-18-25(40-27)49-24-10-14-38-29(26(24)36)43-19-21(20-43)34(5,6)46)42-15-11-35(12-16-42)17-23-22(9-8-13-37-23)28(35)41-32(45)48-33(2,3)4/h8-10,13-14,18,21,28,46H,7,11-12,15-17,19-20H2,1-6H3,(H,41,45)/t28-/m1/s1. The molecule has 3 aromatic rings. The Labute approximate surface area is 296 Å². The highest BCUT2D eigenvalue weighted by Gasteiger charge is 2.50. The second-order valence-corrected chi connectivity index (χ2v) is 16.0. The van der Waals surface area contributed by atoms with Crippen LogP contribution in [0.5, 0.6) is 0 Å². The highest BCUT2D eigenvalue weighted by Crippen LogP contribution is 2.52. The molecule has 262 valence electrons. The lowest BCUT2D eigenvalue weighted by molar-refractivity contribution is 0.00436. The maximum atomic E-state index is 13.3. The lowest BCUT2D eigenvalue weighted by atomic mass is 9.73. The van der Waals surface area contributed by atoms with Gasteiger partial charge in [0.25, 0.3) is 0 Å². The molecule has 2 N–H and O–H groups in total. The minimum absolute atomic E-state index is 0.129. The van der Waals surface area contributed by atoms with E-state index in [9.17, 15) is 14.7 Å². The molecule has 1 aliphatic carbocycles. The van der Waals surface area contributed by atoms with Crippen LogP contribution in [0, 0.1) is 11.3 Å². The van der Waals surface area contributed by atoms with Crippen molar-refractivity contribution in [3.63, 3.8) is 0 Å². The second kappa shape index (κ2) is 13.6. The Bertz CT molecular complexity index is 1720. The zero-order valence-corrected chi connectivity index (χ0v) is 30.4. The third-order valence-electron chi connectivity index (χ3n) is 9.52. The number of alkyl carbamates (subject to hydrolysis) is 1. The van der Waals surface area contributed by atoms with Crippen molar-refractivity contribution in [3.05, 3.63) is 58.8 Å². The van der Waals surface area contributed by atoms with E-state index in [4.69, 9.17) is 31.0 Å². The summed E-state index contributed by atoms with van der Waals surface area (Å²) < 4.78 is 11.1. The largest absolute Gasteiger partial charge is 0.461 e. The van der Waals surface area contributed by atoms with E-state index in [-0.39, 0.29) is 29.7 Å². The molecule has 3 aromatic heterocycles. The van der Waals surface area contributed by atoms with Crippen molar-refractivity contribution in [2.45, 2.75) is 88.0 Å². The summed E-state index contributed by atoms with van der Waals surface area (Å²) >= 11 is 8.13. The summed E-state index contributed by atoms with van der Waals surface area (Å²) in [5.41, 5.74) is 0.474. The van der Waals surface area contributed by atoms with Crippen LogP contribution in [0.15, 0.2) is 46.7 Å². The molecule has 12 nitrogen and oxygen atoms in total. The molecule has 0 saturated carbocycles. The van der Waals surface area contributed by atoms with Crippen LogP contribution < -0.4 is 15.1 Å². The van der Waals surface area contributed by atoms with Crippen molar-refractivity contribution >= 4 is 47.1 Å². The van der Waals surface area contributed by atoms with E-state index >= 15 is 0 Å². The Kier molecular flexibility index (Phi) is 9.73. The Morgan fingerprint density at radius 3 is 2.47 bits per heavy atom. The maximum absolute atomic E-state index is 13.3. The van der Waals surface area contributed by atoms with Crippen molar-refractivity contribution in [3.8, 4) is 0 Å². The highest BCUT2D eigenvalue weighted by atomic mass is 35.5. The van der Waals surface area contributed by atoms with Gasteiger partial charge in [-0.3, -0.25) is 4.98 Å². The molecular formula is C35H44ClN7O5S. The van der Waals surface area contributed by atoms with Crippen molar-refractivity contribution < 1.29 is 24.2 Å². The SMILES string of the molecule is CCOC(=O)c1nc(Sc2ccnc(N3CC(C(C)(C)O)C3)c2Cl)cnc1N1CCC2(CC1)Cc1ncccc1[C@H]2NC(=O)OC(C)(C)C. The average molecular weight is 710 g/mol.